The van der Waals surface area contributed by atoms with E-state index in [4.69, 9.17) is 9.84 Å². The van der Waals surface area contributed by atoms with Gasteiger partial charge in [-0.15, -0.1) is 0 Å². The highest BCUT2D eigenvalue weighted by Crippen LogP contribution is 2.25. The highest BCUT2D eigenvalue weighted by molar-refractivity contribution is 5.91. The number of aromatic carboxylic acids is 1. The minimum absolute atomic E-state index is 0.260. The van der Waals surface area contributed by atoms with E-state index in [9.17, 15) is 4.79 Å². The minimum Gasteiger partial charge on any atom is -0.493 e. The lowest BCUT2D eigenvalue weighted by atomic mass is 10.0. The first-order valence-electron chi connectivity index (χ1n) is 5.68. The zero-order chi connectivity index (χ0) is 12.0. The molecule has 0 bridgehead atoms. The third kappa shape index (κ3) is 2.99. The Morgan fingerprint density at radius 3 is 2.69 bits per heavy atom. The maximum Gasteiger partial charge on any atom is 0.339 e. The molecule has 16 heavy (non-hydrogen) atoms. The van der Waals surface area contributed by atoms with E-state index in [1.54, 1.807) is 12.1 Å². The molecule has 0 unspecified atom stereocenters. The average molecular weight is 222 g/mol. The summed E-state index contributed by atoms with van der Waals surface area (Å²) in [5, 5.41) is 9.06. The summed E-state index contributed by atoms with van der Waals surface area (Å²) in [5.74, 6) is -0.396. The molecule has 88 valence electrons. The largest absolute Gasteiger partial charge is 0.493 e. The molecule has 1 rings (SSSR count). The number of hydrogen-bond acceptors (Lipinski definition) is 2. The number of ether oxygens (including phenoxy) is 1. The number of rotatable bonds is 6. The Balaban J connectivity index is 3.05. The second kappa shape index (κ2) is 6.16. The van der Waals surface area contributed by atoms with Gasteiger partial charge in [0, 0.05) is 0 Å². The van der Waals surface area contributed by atoms with Crippen molar-refractivity contribution in [3.8, 4) is 5.75 Å². The summed E-state index contributed by atoms with van der Waals surface area (Å²) >= 11 is 0. The van der Waals surface area contributed by atoms with E-state index in [-0.39, 0.29) is 5.56 Å². The molecule has 3 heteroatoms. The van der Waals surface area contributed by atoms with Gasteiger partial charge in [0.15, 0.2) is 0 Å². The normalized spacial score (nSPS) is 10.1. The first-order valence-corrected chi connectivity index (χ1v) is 5.68. The standard InChI is InChI=1S/C13H18O3/c1-3-5-7-10-8-6-9-11(13(14)15)12(10)16-4-2/h6,8-9H,3-5,7H2,1-2H3,(H,14,15). The molecule has 0 aliphatic rings. The van der Waals surface area contributed by atoms with Crippen LogP contribution in [0.1, 0.15) is 42.6 Å². The van der Waals surface area contributed by atoms with Crippen LogP contribution in [0.5, 0.6) is 5.75 Å². The molecule has 0 fully saturated rings. The van der Waals surface area contributed by atoms with Crippen molar-refractivity contribution in [3.63, 3.8) is 0 Å². The van der Waals surface area contributed by atoms with Crippen molar-refractivity contribution < 1.29 is 14.6 Å². The summed E-state index contributed by atoms with van der Waals surface area (Å²) in [5.41, 5.74) is 1.25. The average Bonchev–Trinajstić information content (AvgIpc) is 2.27. The highest BCUT2D eigenvalue weighted by atomic mass is 16.5. The molecule has 0 aliphatic carbocycles. The summed E-state index contributed by atoms with van der Waals surface area (Å²) < 4.78 is 5.45. The molecule has 0 spiro atoms. The molecule has 3 nitrogen and oxygen atoms in total. The molecule has 0 atom stereocenters. The zero-order valence-electron chi connectivity index (χ0n) is 9.82. The molecular formula is C13H18O3. The second-order valence-electron chi connectivity index (χ2n) is 3.64. The molecule has 0 aromatic heterocycles. The quantitative estimate of drug-likeness (QED) is 0.804. The Bertz CT molecular complexity index is 358. The molecule has 0 heterocycles. The Morgan fingerprint density at radius 2 is 2.12 bits per heavy atom. The van der Waals surface area contributed by atoms with E-state index >= 15 is 0 Å². The van der Waals surface area contributed by atoms with Crippen molar-refractivity contribution in [1.29, 1.82) is 0 Å². The molecule has 0 saturated carbocycles. The predicted molar refractivity (Wildman–Crippen MR) is 63.2 cm³/mol. The van der Waals surface area contributed by atoms with Gasteiger partial charge in [-0.1, -0.05) is 25.5 Å². The number of aryl methyl sites for hydroxylation is 1. The number of unbranched alkanes of at least 4 members (excludes halogenated alkanes) is 1. The van der Waals surface area contributed by atoms with Crippen LogP contribution in [0, 0.1) is 0 Å². The van der Waals surface area contributed by atoms with Gasteiger partial charge in [0.25, 0.3) is 0 Å². The third-order valence-corrected chi connectivity index (χ3v) is 2.42. The molecule has 0 aliphatic heterocycles. The molecule has 1 aromatic carbocycles. The number of hydrogen-bond donors (Lipinski definition) is 1. The SMILES string of the molecule is CCCCc1cccc(C(=O)O)c1OCC. The van der Waals surface area contributed by atoms with Crippen LogP contribution in [0.15, 0.2) is 18.2 Å². The van der Waals surface area contributed by atoms with Crippen LogP contribution in [0.25, 0.3) is 0 Å². The molecule has 0 radical (unpaired) electrons. The van der Waals surface area contributed by atoms with Crippen molar-refractivity contribution in [2.45, 2.75) is 33.1 Å². The molecule has 1 aromatic rings. The first-order chi connectivity index (χ1) is 7.70. The summed E-state index contributed by atoms with van der Waals surface area (Å²) in [4.78, 5) is 11.0. The fraction of sp³-hybridized carbons (Fsp3) is 0.462. The summed E-state index contributed by atoms with van der Waals surface area (Å²) in [6.45, 7) is 4.47. The molecule has 0 saturated heterocycles. The summed E-state index contributed by atoms with van der Waals surface area (Å²) in [7, 11) is 0. The van der Waals surface area contributed by atoms with Crippen LogP contribution >= 0.6 is 0 Å². The number of carboxylic acids is 1. The number of carbonyl (C=O) groups is 1. The van der Waals surface area contributed by atoms with Crippen LogP contribution in [-0.2, 0) is 6.42 Å². The van der Waals surface area contributed by atoms with Crippen molar-refractivity contribution >= 4 is 5.97 Å². The Labute approximate surface area is 96.1 Å². The van der Waals surface area contributed by atoms with Gasteiger partial charge in [-0.25, -0.2) is 4.79 Å². The van der Waals surface area contributed by atoms with E-state index in [0.29, 0.717) is 12.4 Å². The van der Waals surface area contributed by atoms with E-state index < -0.39 is 5.97 Å². The Hall–Kier alpha value is -1.51. The lowest BCUT2D eigenvalue weighted by Gasteiger charge is -2.12. The Kier molecular flexibility index (Phi) is 4.83. The third-order valence-electron chi connectivity index (χ3n) is 2.42. The van der Waals surface area contributed by atoms with Crippen molar-refractivity contribution in [3.05, 3.63) is 29.3 Å². The number of benzene rings is 1. The van der Waals surface area contributed by atoms with E-state index in [1.807, 2.05) is 13.0 Å². The fourth-order valence-electron chi connectivity index (χ4n) is 1.63. The van der Waals surface area contributed by atoms with Crippen LogP contribution in [0.3, 0.4) is 0 Å². The summed E-state index contributed by atoms with van der Waals surface area (Å²) in [6.07, 6.45) is 3.00. The van der Waals surface area contributed by atoms with Gasteiger partial charge in [-0.05, 0) is 31.4 Å². The van der Waals surface area contributed by atoms with E-state index in [1.165, 1.54) is 0 Å². The highest BCUT2D eigenvalue weighted by Gasteiger charge is 2.14. The van der Waals surface area contributed by atoms with Gasteiger partial charge in [0.1, 0.15) is 11.3 Å². The maximum absolute atomic E-state index is 11.0. The van der Waals surface area contributed by atoms with Crippen LogP contribution in [0.4, 0.5) is 0 Å². The molecule has 1 N–H and O–H groups in total. The lowest BCUT2D eigenvalue weighted by Crippen LogP contribution is -2.05. The topological polar surface area (TPSA) is 46.5 Å². The predicted octanol–water partition coefficient (Wildman–Crippen LogP) is 3.13. The van der Waals surface area contributed by atoms with Gasteiger partial charge in [0.05, 0.1) is 6.61 Å². The number of carboxylic acid groups (broad SMARTS) is 1. The van der Waals surface area contributed by atoms with E-state index in [2.05, 4.69) is 6.92 Å². The van der Waals surface area contributed by atoms with Gasteiger partial charge in [-0.2, -0.15) is 0 Å². The zero-order valence-corrected chi connectivity index (χ0v) is 9.82. The van der Waals surface area contributed by atoms with Crippen molar-refractivity contribution in [2.75, 3.05) is 6.61 Å². The maximum atomic E-state index is 11.0. The van der Waals surface area contributed by atoms with Crippen molar-refractivity contribution in [2.24, 2.45) is 0 Å². The van der Waals surface area contributed by atoms with Crippen LogP contribution in [0.2, 0.25) is 0 Å². The first kappa shape index (κ1) is 12.6. The molecule has 0 amide bonds. The van der Waals surface area contributed by atoms with Gasteiger partial charge in [-0.3, -0.25) is 0 Å². The number of para-hydroxylation sites is 1. The lowest BCUT2D eigenvalue weighted by molar-refractivity contribution is 0.0692. The fourth-order valence-corrected chi connectivity index (χ4v) is 1.63. The minimum atomic E-state index is -0.929. The second-order valence-corrected chi connectivity index (χ2v) is 3.64. The van der Waals surface area contributed by atoms with Crippen LogP contribution in [-0.4, -0.2) is 17.7 Å². The summed E-state index contributed by atoms with van der Waals surface area (Å²) in [6, 6.07) is 5.30. The van der Waals surface area contributed by atoms with Crippen molar-refractivity contribution in [1.82, 2.24) is 0 Å². The Morgan fingerprint density at radius 1 is 1.38 bits per heavy atom. The smallest absolute Gasteiger partial charge is 0.339 e. The van der Waals surface area contributed by atoms with E-state index in [0.717, 1.165) is 24.8 Å². The van der Waals surface area contributed by atoms with Gasteiger partial charge >= 0.3 is 5.97 Å². The monoisotopic (exact) mass is 222 g/mol. The van der Waals surface area contributed by atoms with Gasteiger partial charge < -0.3 is 9.84 Å². The van der Waals surface area contributed by atoms with Crippen LogP contribution < -0.4 is 4.74 Å². The molecular weight excluding hydrogens is 204 g/mol. The van der Waals surface area contributed by atoms with Gasteiger partial charge in [0.2, 0.25) is 0 Å².